The Hall–Kier alpha value is -4.48. The number of unbranched alkanes of at least 4 members (excludes halogenated alkanes) is 3. The Morgan fingerprint density at radius 2 is 1.79 bits per heavy atom. The predicted octanol–water partition coefficient (Wildman–Crippen LogP) is 6.51. The van der Waals surface area contributed by atoms with Gasteiger partial charge in [-0.1, -0.05) is 72.8 Å². The molecule has 2 aromatic rings. The van der Waals surface area contributed by atoms with Crippen LogP contribution in [-0.4, -0.2) is 94.4 Å². The zero-order chi connectivity index (χ0) is 46.9. The van der Waals surface area contributed by atoms with Gasteiger partial charge >= 0.3 is 11.9 Å². The van der Waals surface area contributed by atoms with Crippen molar-refractivity contribution in [3.8, 4) is 0 Å². The van der Waals surface area contributed by atoms with E-state index >= 15 is 0 Å². The molecular weight excluding hydrogens is 830 g/mol. The van der Waals surface area contributed by atoms with E-state index in [1.807, 2.05) is 32.6 Å². The summed E-state index contributed by atoms with van der Waals surface area (Å²) in [5, 5.41) is 23.6. The molecule has 1 aromatic heterocycles. The molecule has 352 valence electrons. The van der Waals surface area contributed by atoms with E-state index < -0.39 is 59.2 Å². The summed E-state index contributed by atoms with van der Waals surface area (Å²) in [5.74, 6) is -4.15. The number of piperidine rings is 1. The fraction of sp³-hybridized carbons (Fsp3) is 0.674. The van der Waals surface area contributed by atoms with Gasteiger partial charge in [0.15, 0.2) is 6.10 Å². The van der Waals surface area contributed by atoms with E-state index in [4.69, 9.17) is 10.5 Å². The number of rotatable bonds is 26. The summed E-state index contributed by atoms with van der Waals surface area (Å²) >= 11 is 1.12. The maximum absolute atomic E-state index is 15.0. The molecule has 2 heterocycles. The second-order valence-corrected chi connectivity index (χ2v) is 18.8. The summed E-state index contributed by atoms with van der Waals surface area (Å²) < 4.78 is 20.9. The number of aromatic nitrogens is 1. The van der Waals surface area contributed by atoms with Crippen LogP contribution in [0.25, 0.3) is 0 Å². The van der Waals surface area contributed by atoms with E-state index in [0.717, 1.165) is 62.8 Å². The molecule has 3 rings (SSSR count). The molecule has 1 saturated heterocycles. The summed E-state index contributed by atoms with van der Waals surface area (Å²) in [4.78, 5) is 85.2. The van der Waals surface area contributed by atoms with Crippen molar-refractivity contribution < 1.29 is 43.0 Å². The number of nitrogens with one attached hydrogen (secondary N) is 4. The molecule has 1 fully saturated rings. The molecular formula is C46H72FN7O8S. The van der Waals surface area contributed by atoms with Gasteiger partial charge in [0.25, 0.3) is 5.91 Å². The third-order valence-corrected chi connectivity index (χ3v) is 12.7. The highest BCUT2D eigenvalue weighted by Gasteiger charge is 2.38. The number of benzene rings is 1. The van der Waals surface area contributed by atoms with Crippen LogP contribution < -0.4 is 27.0 Å². The standard InChI is InChI=1S/C46H72FN7O8S/c1-9-11-12-15-20-54(44(59)41(29(5)10-2)53-39(56)23-32-16-13-14-19-49-32)37(28(3)4)24-38(62-30(6)55)43-52-36(27-63-43)42(58)50-33(25-46(7,8)45(60)61)21-31-17-18-35(34(47)22-31)51-40(57)26-48/h17-18,22,27-29,32-33,37-38,41,49H,9-16,19-21,23-26,48H2,1-8H3,(H,50,58)(H,51,57)(H,53,56)(H,60,61)/t29-,32+,33-,37+,38+,41-/m0/s1. The van der Waals surface area contributed by atoms with Crippen molar-refractivity contribution in [2.45, 2.75) is 163 Å². The number of esters is 1. The normalized spacial score (nSPS) is 16.6. The number of carbonyl (C=O) groups excluding carboxylic acids is 5. The zero-order valence-electron chi connectivity index (χ0n) is 38.5. The number of ether oxygens (including phenoxy) is 1. The molecule has 1 aliphatic heterocycles. The second kappa shape index (κ2) is 25.7. The summed E-state index contributed by atoms with van der Waals surface area (Å²) in [6.07, 6.45) is 6.97. The molecule has 0 bridgehead atoms. The molecule has 0 radical (unpaired) electrons. The molecule has 0 spiro atoms. The Kier molecular flexibility index (Phi) is 21.6. The average Bonchev–Trinajstić information content (AvgIpc) is 3.73. The molecule has 0 unspecified atom stereocenters. The van der Waals surface area contributed by atoms with Gasteiger partial charge in [-0.3, -0.25) is 28.8 Å². The monoisotopic (exact) mass is 902 g/mol. The maximum Gasteiger partial charge on any atom is 0.309 e. The lowest BCUT2D eigenvalue weighted by molar-refractivity contribution is -0.150. The highest BCUT2D eigenvalue weighted by atomic mass is 32.1. The largest absolute Gasteiger partial charge is 0.481 e. The Balaban J connectivity index is 1.93. The molecule has 1 aromatic carbocycles. The molecule has 6 atom stereocenters. The van der Waals surface area contributed by atoms with Crippen molar-refractivity contribution in [2.24, 2.45) is 23.0 Å². The molecule has 63 heavy (non-hydrogen) atoms. The number of halogens is 1. The SMILES string of the molecule is CCCCCCN(C(=O)[C@@H](NC(=O)C[C@H]1CCCCN1)[C@@H](C)CC)[C@H](C[C@@H](OC(C)=O)c1nc(C(=O)N[C@@H](Cc2ccc(NC(=O)CN)c(F)c2)CC(C)(C)C(=O)O)cs1)C(C)C. The van der Waals surface area contributed by atoms with E-state index in [9.17, 15) is 38.3 Å². The van der Waals surface area contributed by atoms with Crippen molar-refractivity contribution in [3.63, 3.8) is 0 Å². The lowest BCUT2D eigenvalue weighted by atomic mass is 9.84. The number of carbonyl (C=O) groups is 6. The first-order chi connectivity index (χ1) is 29.8. The summed E-state index contributed by atoms with van der Waals surface area (Å²) in [6.45, 7) is 15.4. The first-order valence-electron chi connectivity index (χ1n) is 22.6. The Morgan fingerprint density at radius 1 is 1.06 bits per heavy atom. The summed E-state index contributed by atoms with van der Waals surface area (Å²) in [7, 11) is 0. The fourth-order valence-corrected chi connectivity index (χ4v) is 8.73. The van der Waals surface area contributed by atoms with Gasteiger partial charge in [0.05, 0.1) is 17.6 Å². The van der Waals surface area contributed by atoms with Crippen LogP contribution in [0.4, 0.5) is 10.1 Å². The van der Waals surface area contributed by atoms with Gasteiger partial charge in [-0.15, -0.1) is 11.3 Å². The van der Waals surface area contributed by atoms with Crippen molar-refractivity contribution >= 4 is 52.6 Å². The Bertz CT molecular complexity index is 1830. The number of carboxylic acid groups (broad SMARTS) is 1. The summed E-state index contributed by atoms with van der Waals surface area (Å²) in [6, 6.07) is 2.25. The molecule has 1 aliphatic rings. The van der Waals surface area contributed by atoms with Gasteiger partial charge in [-0.25, -0.2) is 9.37 Å². The van der Waals surface area contributed by atoms with Crippen molar-refractivity contribution in [1.82, 2.24) is 25.8 Å². The first kappa shape index (κ1) is 52.9. The molecule has 0 aliphatic carbocycles. The number of anilines is 1. The minimum absolute atomic E-state index is 0.0110. The van der Waals surface area contributed by atoms with Gasteiger partial charge in [-0.2, -0.15) is 0 Å². The molecule has 0 saturated carbocycles. The average molecular weight is 902 g/mol. The smallest absolute Gasteiger partial charge is 0.309 e. The van der Waals surface area contributed by atoms with E-state index in [1.165, 1.54) is 38.3 Å². The second-order valence-electron chi connectivity index (χ2n) is 17.9. The molecule has 15 nitrogen and oxygen atoms in total. The van der Waals surface area contributed by atoms with Crippen LogP contribution in [0.1, 0.15) is 153 Å². The number of nitrogens with zero attached hydrogens (tertiary/aromatic N) is 2. The van der Waals surface area contributed by atoms with E-state index in [1.54, 1.807) is 6.07 Å². The topological polar surface area (TPSA) is 222 Å². The van der Waals surface area contributed by atoms with E-state index in [-0.39, 0.29) is 66.9 Å². The first-order valence-corrected chi connectivity index (χ1v) is 23.5. The van der Waals surface area contributed by atoms with Gasteiger partial charge < -0.3 is 41.7 Å². The third-order valence-electron chi connectivity index (χ3n) is 11.8. The van der Waals surface area contributed by atoms with Crippen LogP contribution in [0, 0.1) is 23.1 Å². The predicted molar refractivity (Wildman–Crippen MR) is 242 cm³/mol. The zero-order valence-corrected chi connectivity index (χ0v) is 39.3. The highest BCUT2D eigenvalue weighted by Crippen LogP contribution is 2.32. The number of nitrogens with two attached hydrogens (primary N) is 1. The van der Waals surface area contributed by atoms with Gasteiger partial charge in [0.1, 0.15) is 22.6 Å². The van der Waals surface area contributed by atoms with Crippen LogP contribution in [0.2, 0.25) is 0 Å². The van der Waals surface area contributed by atoms with Crippen LogP contribution in [-0.2, 0) is 35.1 Å². The Morgan fingerprint density at radius 3 is 2.38 bits per heavy atom. The number of thiazole rings is 1. The van der Waals surface area contributed by atoms with Crippen molar-refractivity contribution in [3.05, 3.63) is 45.7 Å². The number of hydrogen-bond acceptors (Lipinski definition) is 11. The van der Waals surface area contributed by atoms with E-state index in [2.05, 4.69) is 33.2 Å². The summed E-state index contributed by atoms with van der Waals surface area (Å²) in [5.41, 5.74) is 4.47. The number of amides is 4. The number of hydrogen-bond donors (Lipinski definition) is 6. The van der Waals surface area contributed by atoms with Crippen LogP contribution in [0.15, 0.2) is 23.6 Å². The molecule has 7 N–H and O–H groups in total. The lowest BCUT2D eigenvalue weighted by Crippen LogP contribution is -2.56. The van der Waals surface area contributed by atoms with Gasteiger partial charge in [-0.05, 0) is 82.0 Å². The van der Waals surface area contributed by atoms with Crippen LogP contribution in [0.3, 0.4) is 0 Å². The molecule has 17 heteroatoms. The lowest BCUT2D eigenvalue weighted by Gasteiger charge is -2.39. The van der Waals surface area contributed by atoms with Crippen LogP contribution >= 0.6 is 11.3 Å². The highest BCUT2D eigenvalue weighted by molar-refractivity contribution is 7.09. The Labute approximate surface area is 376 Å². The minimum atomic E-state index is -1.27. The minimum Gasteiger partial charge on any atom is -0.481 e. The fourth-order valence-electron chi connectivity index (χ4n) is 7.89. The van der Waals surface area contributed by atoms with Crippen molar-refractivity contribution in [1.29, 1.82) is 0 Å². The van der Waals surface area contributed by atoms with Crippen molar-refractivity contribution in [2.75, 3.05) is 25.0 Å². The van der Waals surface area contributed by atoms with Crippen LogP contribution in [0.5, 0.6) is 0 Å². The molecule has 4 amide bonds. The maximum atomic E-state index is 15.0. The third kappa shape index (κ3) is 16.9. The number of carboxylic acids is 1. The quantitative estimate of drug-likeness (QED) is 0.0441. The van der Waals surface area contributed by atoms with E-state index in [0.29, 0.717) is 30.0 Å². The van der Waals surface area contributed by atoms with Gasteiger partial charge in [0.2, 0.25) is 17.7 Å². The van der Waals surface area contributed by atoms with Gasteiger partial charge in [0, 0.05) is 49.8 Å². The number of aliphatic carboxylic acids is 1.